The van der Waals surface area contributed by atoms with Crippen molar-refractivity contribution in [2.45, 2.75) is 26.3 Å². The van der Waals surface area contributed by atoms with E-state index in [0.29, 0.717) is 12.5 Å². The molecule has 0 saturated heterocycles. The Morgan fingerprint density at radius 2 is 2.12 bits per heavy atom. The first-order valence-corrected chi connectivity index (χ1v) is 5.91. The minimum absolute atomic E-state index is 0.377. The number of carbonyl (C=O) groups excluding carboxylic acids is 1. The zero-order chi connectivity index (χ0) is 13.0. The molecule has 0 bridgehead atoms. The van der Waals surface area contributed by atoms with E-state index in [1.807, 2.05) is 12.1 Å². The lowest BCUT2D eigenvalue weighted by molar-refractivity contribution is 0.230. The lowest BCUT2D eigenvalue weighted by Crippen LogP contribution is -2.20. The molecule has 0 heterocycles. The van der Waals surface area contributed by atoms with E-state index in [9.17, 15) is 4.79 Å². The molecule has 0 aliphatic rings. The Morgan fingerprint density at radius 3 is 2.59 bits per heavy atom. The first-order valence-electron chi connectivity index (χ1n) is 5.53. The van der Waals surface area contributed by atoms with Crippen LogP contribution in [-0.2, 0) is 6.54 Å². The van der Waals surface area contributed by atoms with Gasteiger partial charge in [-0.3, -0.25) is 4.79 Å². The molecule has 1 aromatic rings. The van der Waals surface area contributed by atoms with E-state index in [-0.39, 0.29) is 0 Å². The first-order chi connectivity index (χ1) is 7.95. The summed E-state index contributed by atoms with van der Waals surface area (Å²) in [5.41, 5.74) is 2.19. The molecule has 0 radical (unpaired) electrons. The van der Waals surface area contributed by atoms with Crippen molar-refractivity contribution >= 4 is 17.0 Å². The number of hydrogen-bond acceptors (Lipinski definition) is 2. The largest absolute Gasteiger partial charge is 0.496 e. The molecule has 1 amide bonds. The van der Waals surface area contributed by atoms with E-state index in [0.717, 1.165) is 16.9 Å². The minimum Gasteiger partial charge on any atom is -0.496 e. The van der Waals surface area contributed by atoms with E-state index in [1.54, 1.807) is 14.2 Å². The van der Waals surface area contributed by atoms with Crippen LogP contribution in [0, 0.1) is 0 Å². The molecular weight excluding hydrogens is 238 g/mol. The van der Waals surface area contributed by atoms with Crippen molar-refractivity contribution in [3.8, 4) is 5.75 Å². The summed E-state index contributed by atoms with van der Waals surface area (Å²) in [5, 5.41) is -0.452. The quantitative estimate of drug-likeness (QED) is 0.608. The van der Waals surface area contributed by atoms with E-state index < -0.39 is 5.37 Å². The number of benzene rings is 1. The second kappa shape index (κ2) is 5.92. The summed E-state index contributed by atoms with van der Waals surface area (Å²) in [6.45, 7) is 4.72. The standard InChI is InChI=1S/C13H18ClNO2/c1-9(2)11-7-10(5-6-12(11)17-4)8-15(3)13(14)16/h5-7,9H,8H2,1-4H3. The van der Waals surface area contributed by atoms with Crippen LogP contribution >= 0.6 is 11.6 Å². The molecule has 0 N–H and O–H groups in total. The van der Waals surface area contributed by atoms with Gasteiger partial charge in [-0.1, -0.05) is 26.0 Å². The van der Waals surface area contributed by atoms with Crippen molar-refractivity contribution in [3.05, 3.63) is 29.3 Å². The van der Waals surface area contributed by atoms with E-state index >= 15 is 0 Å². The van der Waals surface area contributed by atoms with Crippen molar-refractivity contribution in [2.75, 3.05) is 14.2 Å². The Kier molecular flexibility index (Phi) is 4.82. The summed E-state index contributed by atoms with van der Waals surface area (Å²) in [6.07, 6.45) is 0. The second-order valence-corrected chi connectivity index (χ2v) is 4.66. The van der Waals surface area contributed by atoms with Gasteiger partial charge in [0.25, 0.3) is 0 Å². The van der Waals surface area contributed by atoms with Crippen LogP contribution in [0.1, 0.15) is 30.9 Å². The van der Waals surface area contributed by atoms with Gasteiger partial charge in [0.05, 0.1) is 7.11 Å². The van der Waals surface area contributed by atoms with Gasteiger partial charge >= 0.3 is 5.37 Å². The van der Waals surface area contributed by atoms with Gasteiger partial charge < -0.3 is 9.64 Å². The predicted octanol–water partition coefficient (Wildman–Crippen LogP) is 3.61. The Morgan fingerprint density at radius 1 is 1.47 bits per heavy atom. The highest BCUT2D eigenvalue weighted by atomic mass is 35.5. The minimum atomic E-state index is -0.452. The summed E-state index contributed by atoms with van der Waals surface area (Å²) in [4.78, 5) is 12.4. The lowest BCUT2D eigenvalue weighted by atomic mass is 9.99. The van der Waals surface area contributed by atoms with Crippen LogP contribution in [0.3, 0.4) is 0 Å². The molecule has 0 aliphatic heterocycles. The smallest absolute Gasteiger partial charge is 0.316 e. The number of ether oxygens (including phenoxy) is 1. The maximum Gasteiger partial charge on any atom is 0.316 e. The number of amides is 1. The van der Waals surface area contributed by atoms with Gasteiger partial charge in [-0.15, -0.1) is 0 Å². The predicted molar refractivity (Wildman–Crippen MR) is 69.8 cm³/mol. The Labute approximate surface area is 107 Å². The van der Waals surface area contributed by atoms with Crippen molar-refractivity contribution in [1.29, 1.82) is 0 Å². The number of rotatable bonds is 4. The zero-order valence-corrected chi connectivity index (χ0v) is 11.4. The highest BCUT2D eigenvalue weighted by Crippen LogP contribution is 2.27. The molecule has 1 aromatic carbocycles. The zero-order valence-electron chi connectivity index (χ0n) is 10.7. The SMILES string of the molecule is COc1ccc(CN(C)C(=O)Cl)cc1C(C)C. The fourth-order valence-electron chi connectivity index (χ4n) is 1.67. The molecule has 1 rings (SSSR count). The van der Waals surface area contributed by atoms with Crippen LogP contribution < -0.4 is 4.74 Å². The molecule has 0 unspecified atom stereocenters. The van der Waals surface area contributed by atoms with Crippen molar-refractivity contribution in [2.24, 2.45) is 0 Å². The maximum absolute atomic E-state index is 11.0. The van der Waals surface area contributed by atoms with Gasteiger partial charge in [-0.05, 0) is 34.7 Å². The normalized spacial score (nSPS) is 10.5. The van der Waals surface area contributed by atoms with Crippen molar-refractivity contribution in [3.63, 3.8) is 0 Å². The molecule has 0 aliphatic carbocycles. The first kappa shape index (κ1) is 13.8. The van der Waals surface area contributed by atoms with Gasteiger partial charge in [-0.2, -0.15) is 0 Å². The molecule has 0 atom stereocenters. The van der Waals surface area contributed by atoms with E-state index in [2.05, 4.69) is 19.9 Å². The summed E-state index contributed by atoms with van der Waals surface area (Å²) in [7, 11) is 3.34. The molecule has 17 heavy (non-hydrogen) atoms. The van der Waals surface area contributed by atoms with Crippen LogP contribution in [0.15, 0.2) is 18.2 Å². The maximum atomic E-state index is 11.0. The van der Waals surface area contributed by atoms with Crippen LogP contribution in [0.25, 0.3) is 0 Å². The van der Waals surface area contributed by atoms with Crippen molar-refractivity contribution in [1.82, 2.24) is 4.90 Å². The molecule has 94 valence electrons. The van der Waals surface area contributed by atoms with Gasteiger partial charge in [0.15, 0.2) is 0 Å². The average Bonchev–Trinajstić information content (AvgIpc) is 2.28. The number of nitrogens with zero attached hydrogens (tertiary/aromatic N) is 1. The molecule has 4 heteroatoms. The van der Waals surface area contributed by atoms with Gasteiger partial charge in [0, 0.05) is 13.6 Å². The lowest BCUT2D eigenvalue weighted by Gasteiger charge is -2.17. The van der Waals surface area contributed by atoms with Gasteiger partial charge in [-0.25, -0.2) is 0 Å². The fourth-order valence-corrected chi connectivity index (χ4v) is 1.73. The molecule has 0 saturated carbocycles. The van der Waals surface area contributed by atoms with E-state index in [1.165, 1.54) is 4.90 Å². The van der Waals surface area contributed by atoms with E-state index in [4.69, 9.17) is 16.3 Å². The molecule has 0 fully saturated rings. The molecule has 0 aromatic heterocycles. The fraction of sp³-hybridized carbons (Fsp3) is 0.462. The number of hydrogen-bond donors (Lipinski definition) is 0. The summed E-state index contributed by atoms with van der Waals surface area (Å²) < 4.78 is 5.31. The van der Waals surface area contributed by atoms with Crippen LogP contribution in [0.5, 0.6) is 5.75 Å². The Bertz CT molecular complexity index is 404. The Hall–Kier alpha value is -1.22. The van der Waals surface area contributed by atoms with Crippen LogP contribution in [0.2, 0.25) is 0 Å². The summed E-state index contributed by atoms with van der Waals surface area (Å²) in [5.74, 6) is 1.26. The summed E-state index contributed by atoms with van der Waals surface area (Å²) in [6, 6.07) is 5.93. The highest BCUT2D eigenvalue weighted by molar-refractivity contribution is 6.62. The Balaban J connectivity index is 2.96. The molecular formula is C13H18ClNO2. The van der Waals surface area contributed by atoms with Crippen LogP contribution in [-0.4, -0.2) is 24.4 Å². The molecule has 0 spiro atoms. The van der Waals surface area contributed by atoms with Crippen molar-refractivity contribution < 1.29 is 9.53 Å². The third-order valence-corrected chi connectivity index (χ3v) is 2.92. The topological polar surface area (TPSA) is 29.5 Å². The number of halogens is 1. The third kappa shape index (κ3) is 3.63. The monoisotopic (exact) mass is 255 g/mol. The second-order valence-electron chi connectivity index (χ2n) is 4.34. The highest BCUT2D eigenvalue weighted by Gasteiger charge is 2.10. The van der Waals surface area contributed by atoms with Gasteiger partial charge in [0.2, 0.25) is 0 Å². The van der Waals surface area contributed by atoms with Crippen LogP contribution in [0.4, 0.5) is 4.79 Å². The summed E-state index contributed by atoms with van der Waals surface area (Å²) >= 11 is 5.40. The number of methoxy groups -OCH3 is 1. The third-order valence-electron chi connectivity index (χ3n) is 2.64. The average molecular weight is 256 g/mol. The molecule has 3 nitrogen and oxygen atoms in total. The number of carbonyl (C=O) groups is 1. The van der Waals surface area contributed by atoms with Gasteiger partial charge in [0.1, 0.15) is 5.75 Å².